The molecule has 4 nitrogen and oxygen atoms in total. The van der Waals surface area contributed by atoms with Crippen LogP contribution >= 0.6 is 0 Å². The Hall–Kier alpha value is -0.870. The molecule has 0 spiro atoms. The molecule has 1 aliphatic heterocycles. The molecule has 2 heterocycles. The molecule has 1 unspecified atom stereocenters. The number of aryl methyl sites for hydroxylation is 1. The Balaban J connectivity index is 1.93. The lowest BCUT2D eigenvalue weighted by atomic mass is 10.00. The Bertz CT molecular complexity index is 293. The summed E-state index contributed by atoms with van der Waals surface area (Å²) in [7, 11) is 0. The van der Waals surface area contributed by atoms with E-state index < -0.39 is 0 Å². The molecule has 1 aromatic heterocycles. The highest BCUT2D eigenvalue weighted by atomic mass is 16.5. The third-order valence-corrected chi connectivity index (χ3v) is 2.74. The summed E-state index contributed by atoms with van der Waals surface area (Å²) in [5.74, 6) is 1.23. The lowest BCUT2D eigenvalue weighted by molar-refractivity contribution is 0.0792. The molecule has 1 aromatic rings. The van der Waals surface area contributed by atoms with Crippen LogP contribution in [0.2, 0.25) is 0 Å². The topological polar surface area (TPSA) is 61.3 Å². The summed E-state index contributed by atoms with van der Waals surface area (Å²) in [6.07, 6.45) is 5.81. The van der Waals surface area contributed by atoms with Crippen LogP contribution < -0.4 is 5.73 Å². The molecule has 0 radical (unpaired) electrons. The first-order valence-corrected chi connectivity index (χ1v) is 5.62. The van der Waals surface area contributed by atoms with Gasteiger partial charge >= 0.3 is 0 Å². The zero-order valence-corrected chi connectivity index (χ0v) is 8.95. The van der Waals surface area contributed by atoms with Gasteiger partial charge in [-0.25, -0.2) is 4.98 Å². The highest BCUT2D eigenvalue weighted by Gasteiger charge is 2.19. The second-order valence-corrected chi connectivity index (χ2v) is 3.97. The predicted octanol–water partition coefficient (Wildman–Crippen LogP) is 1.46. The molecule has 1 fully saturated rings. The Labute approximate surface area is 89.8 Å². The highest BCUT2D eigenvalue weighted by Crippen LogP contribution is 2.24. The van der Waals surface area contributed by atoms with E-state index in [1.54, 1.807) is 6.26 Å². The third kappa shape index (κ3) is 2.79. The summed E-state index contributed by atoms with van der Waals surface area (Å²) in [6.45, 7) is 2.35. The molecule has 0 bridgehead atoms. The lowest BCUT2D eigenvalue weighted by Crippen LogP contribution is -2.15. The van der Waals surface area contributed by atoms with Gasteiger partial charge in [0.1, 0.15) is 6.26 Å². The molecular weight excluding hydrogens is 192 g/mol. The van der Waals surface area contributed by atoms with Crippen molar-refractivity contribution in [2.24, 2.45) is 5.73 Å². The van der Waals surface area contributed by atoms with Gasteiger partial charge in [0.05, 0.1) is 12.3 Å². The fourth-order valence-corrected chi connectivity index (χ4v) is 1.85. The summed E-state index contributed by atoms with van der Waals surface area (Å²) in [5.41, 5.74) is 6.48. The Morgan fingerprint density at radius 1 is 1.53 bits per heavy atom. The van der Waals surface area contributed by atoms with Crippen LogP contribution in [0.4, 0.5) is 0 Å². The summed E-state index contributed by atoms with van der Waals surface area (Å²) in [6, 6.07) is 0. The van der Waals surface area contributed by atoms with Crippen LogP contribution in [0.3, 0.4) is 0 Å². The van der Waals surface area contributed by atoms with Crippen molar-refractivity contribution in [2.45, 2.75) is 31.6 Å². The molecule has 1 saturated heterocycles. The summed E-state index contributed by atoms with van der Waals surface area (Å²) >= 11 is 0. The van der Waals surface area contributed by atoms with Crippen LogP contribution in [0.1, 0.15) is 36.8 Å². The van der Waals surface area contributed by atoms with Crippen LogP contribution in [-0.2, 0) is 11.2 Å². The second kappa shape index (κ2) is 5.28. The van der Waals surface area contributed by atoms with Crippen molar-refractivity contribution >= 4 is 0 Å². The van der Waals surface area contributed by atoms with E-state index in [4.69, 9.17) is 14.9 Å². The lowest BCUT2D eigenvalue weighted by Gasteiger charge is -2.19. The van der Waals surface area contributed by atoms with Crippen molar-refractivity contribution in [1.82, 2.24) is 4.98 Å². The van der Waals surface area contributed by atoms with E-state index >= 15 is 0 Å². The van der Waals surface area contributed by atoms with E-state index in [1.807, 2.05) is 0 Å². The second-order valence-electron chi connectivity index (χ2n) is 3.97. The van der Waals surface area contributed by atoms with Crippen molar-refractivity contribution in [3.63, 3.8) is 0 Å². The van der Waals surface area contributed by atoms with Gasteiger partial charge in [-0.15, -0.1) is 0 Å². The van der Waals surface area contributed by atoms with Crippen molar-refractivity contribution in [1.29, 1.82) is 0 Å². The van der Waals surface area contributed by atoms with Crippen LogP contribution in [0, 0.1) is 0 Å². The van der Waals surface area contributed by atoms with Gasteiger partial charge in [-0.05, 0) is 25.8 Å². The Kier molecular flexibility index (Phi) is 3.75. The Morgan fingerprint density at radius 3 is 3.20 bits per heavy atom. The molecule has 0 amide bonds. The molecule has 15 heavy (non-hydrogen) atoms. The first kappa shape index (κ1) is 10.6. The molecule has 0 aromatic carbocycles. The van der Waals surface area contributed by atoms with Crippen LogP contribution in [0.5, 0.6) is 0 Å². The monoisotopic (exact) mass is 210 g/mol. The van der Waals surface area contributed by atoms with Crippen molar-refractivity contribution in [3.05, 3.63) is 17.8 Å². The zero-order valence-electron chi connectivity index (χ0n) is 8.95. The molecule has 0 saturated carbocycles. The SMILES string of the molecule is NCCCc1nc(C2CCCOC2)co1. The van der Waals surface area contributed by atoms with Gasteiger partial charge in [0.15, 0.2) is 5.89 Å². The number of hydrogen-bond donors (Lipinski definition) is 1. The fraction of sp³-hybridized carbons (Fsp3) is 0.727. The van der Waals surface area contributed by atoms with E-state index in [9.17, 15) is 0 Å². The molecule has 1 atom stereocenters. The fourth-order valence-electron chi connectivity index (χ4n) is 1.85. The third-order valence-electron chi connectivity index (χ3n) is 2.74. The number of rotatable bonds is 4. The molecule has 84 valence electrons. The van der Waals surface area contributed by atoms with Gasteiger partial charge in [0.25, 0.3) is 0 Å². The largest absolute Gasteiger partial charge is 0.449 e. The van der Waals surface area contributed by atoms with E-state index in [0.717, 1.165) is 50.5 Å². The molecule has 0 aliphatic carbocycles. The first-order chi connectivity index (χ1) is 7.40. The van der Waals surface area contributed by atoms with E-state index in [-0.39, 0.29) is 0 Å². The maximum atomic E-state index is 5.44. The maximum absolute atomic E-state index is 5.44. The van der Waals surface area contributed by atoms with Gasteiger partial charge in [-0.2, -0.15) is 0 Å². The number of oxazole rings is 1. The number of nitrogens with zero attached hydrogens (tertiary/aromatic N) is 1. The van der Waals surface area contributed by atoms with Crippen molar-refractivity contribution < 1.29 is 9.15 Å². The van der Waals surface area contributed by atoms with Gasteiger partial charge in [0, 0.05) is 18.9 Å². The summed E-state index contributed by atoms with van der Waals surface area (Å²) in [4.78, 5) is 4.47. The standard InChI is InChI=1S/C11H18N2O2/c12-5-1-4-11-13-10(8-15-11)9-3-2-6-14-7-9/h8-9H,1-7,12H2. The van der Waals surface area contributed by atoms with E-state index in [1.165, 1.54) is 0 Å². The number of hydrogen-bond acceptors (Lipinski definition) is 4. The molecule has 2 rings (SSSR count). The minimum atomic E-state index is 0.425. The van der Waals surface area contributed by atoms with Gasteiger partial charge in [-0.3, -0.25) is 0 Å². The van der Waals surface area contributed by atoms with Crippen molar-refractivity contribution in [2.75, 3.05) is 19.8 Å². The molecule has 4 heteroatoms. The summed E-state index contributed by atoms with van der Waals surface area (Å²) in [5, 5.41) is 0. The van der Waals surface area contributed by atoms with Gasteiger partial charge in [0.2, 0.25) is 0 Å². The molecule has 1 aliphatic rings. The smallest absolute Gasteiger partial charge is 0.194 e. The number of ether oxygens (including phenoxy) is 1. The zero-order chi connectivity index (χ0) is 10.5. The quantitative estimate of drug-likeness (QED) is 0.817. The normalized spacial score (nSPS) is 21.8. The maximum Gasteiger partial charge on any atom is 0.194 e. The van der Waals surface area contributed by atoms with Crippen LogP contribution in [0.15, 0.2) is 10.7 Å². The van der Waals surface area contributed by atoms with E-state index in [2.05, 4.69) is 4.98 Å². The Morgan fingerprint density at radius 2 is 2.47 bits per heavy atom. The average molecular weight is 210 g/mol. The first-order valence-electron chi connectivity index (χ1n) is 5.62. The van der Waals surface area contributed by atoms with Crippen molar-refractivity contribution in [3.8, 4) is 0 Å². The predicted molar refractivity (Wildman–Crippen MR) is 56.7 cm³/mol. The number of aromatic nitrogens is 1. The average Bonchev–Trinajstić information content (AvgIpc) is 2.76. The minimum Gasteiger partial charge on any atom is -0.449 e. The van der Waals surface area contributed by atoms with Gasteiger partial charge in [-0.1, -0.05) is 0 Å². The van der Waals surface area contributed by atoms with Gasteiger partial charge < -0.3 is 14.9 Å². The summed E-state index contributed by atoms with van der Waals surface area (Å²) < 4.78 is 10.8. The minimum absolute atomic E-state index is 0.425. The molecule has 2 N–H and O–H groups in total. The van der Waals surface area contributed by atoms with E-state index in [0.29, 0.717) is 12.5 Å². The molecular formula is C11H18N2O2. The highest BCUT2D eigenvalue weighted by molar-refractivity contribution is 5.05. The van der Waals surface area contributed by atoms with Crippen LogP contribution in [-0.4, -0.2) is 24.7 Å². The van der Waals surface area contributed by atoms with Crippen LogP contribution in [0.25, 0.3) is 0 Å². The number of nitrogens with two attached hydrogens (primary N) is 1.